The number of rotatable bonds is 18. The fraction of sp³-hybridized carbons (Fsp3) is 0.917. The molecule has 2 nitrogen and oxygen atoms in total. The Kier molecular flexibility index (Phi) is 14.8. The van der Waals surface area contributed by atoms with Crippen molar-refractivity contribution >= 4 is 0 Å². The molecule has 0 aromatic carbocycles. The standard InChI is InChI=1S/C24H48N2/c1-4-7-9-11-12-13-14-15-16-18-21-26-23-22-25(20-6-3)24(26)19-17-10-8-5-2/h22-24H,4-21H2,1-3H3. The van der Waals surface area contributed by atoms with E-state index in [0.717, 1.165) is 0 Å². The van der Waals surface area contributed by atoms with Crippen molar-refractivity contribution in [3.8, 4) is 0 Å². The molecule has 0 amide bonds. The van der Waals surface area contributed by atoms with Crippen molar-refractivity contribution in [3.05, 3.63) is 12.4 Å². The summed E-state index contributed by atoms with van der Waals surface area (Å²) in [5, 5.41) is 0. The summed E-state index contributed by atoms with van der Waals surface area (Å²) >= 11 is 0. The van der Waals surface area contributed by atoms with E-state index in [2.05, 4.69) is 43.0 Å². The van der Waals surface area contributed by atoms with Crippen molar-refractivity contribution in [2.24, 2.45) is 0 Å². The lowest BCUT2D eigenvalue weighted by molar-refractivity contribution is 0.137. The van der Waals surface area contributed by atoms with Gasteiger partial charge in [-0.05, 0) is 25.7 Å². The largest absolute Gasteiger partial charge is 0.356 e. The third-order valence-corrected chi connectivity index (χ3v) is 5.78. The minimum atomic E-state index is 0.644. The second-order valence-electron chi connectivity index (χ2n) is 8.29. The molecular weight excluding hydrogens is 316 g/mol. The average Bonchev–Trinajstić information content (AvgIpc) is 3.02. The Morgan fingerprint density at radius 1 is 0.500 bits per heavy atom. The van der Waals surface area contributed by atoms with Gasteiger partial charge in [-0.15, -0.1) is 0 Å². The second-order valence-corrected chi connectivity index (χ2v) is 8.29. The monoisotopic (exact) mass is 364 g/mol. The Labute approximate surface area is 165 Å². The molecule has 1 atom stereocenters. The SMILES string of the molecule is CCCCCCCCCCCCN1C=CN(CCC)C1CCCCCC. The van der Waals surface area contributed by atoms with E-state index in [1.165, 1.54) is 116 Å². The molecule has 1 heterocycles. The summed E-state index contributed by atoms with van der Waals surface area (Å²) in [5.74, 6) is 0. The van der Waals surface area contributed by atoms with Gasteiger partial charge in [0.25, 0.3) is 0 Å². The van der Waals surface area contributed by atoms with Gasteiger partial charge < -0.3 is 9.80 Å². The molecule has 1 aliphatic rings. The molecule has 0 spiro atoms. The first-order valence-electron chi connectivity index (χ1n) is 12.0. The highest BCUT2D eigenvalue weighted by atomic mass is 15.4. The van der Waals surface area contributed by atoms with Crippen LogP contribution >= 0.6 is 0 Å². The van der Waals surface area contributed by atoms with Gasteiger partial charge in [0.2, 0.25) is 0 Å². The Morgan fingerprint density at radius 2 is 0.962 bits per heavy atom. The zero-order chi connectivity index (χ0) is 18.9. The van der Waals surface area contributed by atoms with Crippen molar-refractivity contribution in [2.45, 2.75) is 130 Å². The van der Waals surface area contributed by atoms with Gasteiger partial charge in [0, 0.05) is 25.5 Å². The van der Waals surface area contributed by atoms with Crippen LogP contribution in [-0.4, -0.2) is 29.1 Å². The second kappa shape index (κ2) is 16.5. The summed E-state index contributed by atoms with van der Waals surface area (Å²) < 4.78 is 0. The van der Waals surface area contributed by atoms with Crippen molar-refractivity contribution in [1.29, 1.82) is 0 Å². The first-order chi connectivity index (χ1) is 12.8. The average molecular weight is 365 g/mol. The maximum atomic E-state index is 2.63. The maximum Gasteiger partial charge on any atom is 0.101 e. The molecule has 0 N–H and O–H groups in total. The van der Waals surface area contributed by atoms with Crippen LogP contribution in [-0.2, 0) is 0 Å². The summed E-state index contributed by atoms with van der Waals surface area (Å²) in [5.41, 5.74) is 0. The van der Waals surface area contributed by atoms with Crippen LogP contribution in [0.15, 0.2) is 12.4 Å². The van der Waals surface area contributed by atoms with Crippen molar-refractivity contribution < 1.29 is 0 Å². The van der Waals surface area contributed by atoms with E-state index in [0.29, 0.717) is 6.17 Å². The van der Waals surface area contributed by atoms with Crippen molar-refractivity contribution in [3.63, 3.8) is 0 Å². The molecule has 2 heteroatoms. The molecule has 0 fully saturated rings. The van der Waals surface area contributed by atoms with Gasteiger partial charge in [0.15, 0.2) is 0 Å². The van der Waals surface area contributed by atoms with E-state index in [1.54, 1.807) is 0 Å². The Balaban J connectivity index is 2.11. The van der Waals surface area contributed by atoms with Gasteiger partial charge in [-0.2, -0.15) is 0 Å². The zero-order valence-electron chi connectivity index (χ0n) is 18.4. The van der Waals surface area contributed by atoms with E-state index >= 15 is 0 Å². The normalized spacial score (nSPS) is 16.8. The molecular formula is C24H48N2. The minimum absolute atomic E-state index is 0.644. The summed E-state index contributed by atoms with van der Waals surface area (Å²) in [6, 6.07) is 0. The molecule has 26 heavy (non-hydrogen) atoms. The van der Waals surface area contributed by atoms with Gasteiger partial charge in [-0.1, -0.05) is 97.8 Å². The van der Waals surface area contributed by atoms with Gasteiger partial charge >= 0.3 is 0 Å². The van der Waals surface area contributed by atoms with Gasteiger partial charge in [-0.25, -0.2) is 0 Å². The van der Waals surface area contributed by atoms with Crippen molar-refractivity contribution in [2.75, 3.05) is 13.1 Å². The first-order valence-corrected chi connectivity index (χ1v) is 12.0. The number of nitrogens with zero attached hydrogens (tertiary/aromatic N) is 2. The quantitative estimate of drug-likeness (QED) is 0.230. The molecule has 0 aliphatic carbocycles. The van der Waals surface area contributed by atoms with Gasteiger partial charge in [0.1, 0.15) is 6.17 Å². The van der Waals surface area contributed by atoms with E-state index in [1.807, 2.05) is 0 Å². The van der Waals surface area contributed by atoms with E-state index < -0.39 is 0 Å². The molecule has 0 aromatic heterocycles. The van der Waals surface area contributed by atoms with Crippen LogP contribution in [0.3, 0.4) is 0 Å². The fourth-order valence-electron chi connectivity index (χ4n) is 4.13. The third-order valence-electron chi connectivity index (χ3n) is 5.78. The molecule has 154 valence electrons. The Morgan fingerprint density at radius 3 is 1.50 bits per heavy atom. The van der Waals surface area contributed by atoms with Gasteiger partial charge in [0.05, 0.1) is 0 Å². The molecule has 0 bridgehead atoms. The molecule has 0 aromatic rings. The first kappa shape index (κ1) is 23.4. The number of unbranched alkanes of at least 4 members (excludes halogenated alkanes) is 12. The molecule has 0 radical (unpaired) electrons. The van der Waals surface area contributed by atoms with E-state index in [4.69, 9.17) is 0 Å². The predicted molar refractivity (Wildman–Crippen MR) is 117 cm³/mol. The summed E-state index contributed by atoms with van der Waals surface area (Å²) in [6.45, 7) is 9.37. The van der Waals surface area contributed by atoms with Crippen LogP contribution in [0.4, 0.5) is 0 Å². The summed E-state index contributed by atoms with van der Waals surface area (Å²) in [4.78, 5) is 5.22. The zero-order valence-corrected chi connectivity index (χ0v) is 18.4. The fourth-order valence-corrected chi connectivity index (χ4v) is 4.13. The topological polar surface area (TPSA) is 6.48 Å². The lowest BCUT2D eigenvalue weighted by Gasteiger charge is -2.33. The molecule has 1 rings (SSSR count). The van der Waals surface area contributed by atoms with Crippen LogP contribution < -0.4 is 0 Å². The lowest BCUT2D eigenvalue weighted by atomic mass is 10.1. The smallest absolute Gasteiger partial charge is 0.101 e. The molecule has 1 unspecified atom stereocenters. The van der Waals surface area contributed by atoms with Crippen LogP contribution in [0.1, 0.15) is 124 Å². The number of hydrogen-bond acceptors (Lipinski definition) is 2. The highest BCUT2D eigenvalue weighted by Crippen LogP contribution is 2.23. The lowest BCUT2D eigenvalue weighted by Crippen LogP contribution is -2.39. The predicted octanol–water partition coefficient (Wildman–Crippen LogP) is 7.70. The summed E-state index contributed by atoms with van der Waals surface area (Å²) in [6.07, 6.45) is 27.7. The van der Waals surface area contributed by atoms with Crippen LogP contribution in [0, 0.1) is 0 Å². The highest BCUT2D eigenvalue weighted by molar-refractivity contribution is 4.96. The number of hydrogen-bond donors (Lipinski definition) is 0. The summed E-state index contributed by atoms with van der Waals surface area (Å²) in [7, 11) is 0. The maximum absolute atomic E-state index is 2.63. The van der Waals surface area contributed by atoms with Gasteiger partial charge in [-0.3, -0.25) is 0 Å². The van der Waals surface area contributed by atoms with E-state index in [-0.39, 0.29) is 0 Å². The van der Waals surface area contributed by atoms with Crippen LogP contribution in [0.2, 0.25) is 0 Å². The van der Waals surface area contributed by atoms with Crippen LogP contribution in [0.25, 0.3) is 0 Å². The van der Waals surface area contributed by atoms with Crippen molar-refractivity contribution in [1.82, 2.24) is 9.80 Å². The third kappa shape index (κ3) is 10.5. The Bertz CT molecular complexity index is 326. The molecule has 1 aliphatic heterocycles. The molecule has 0 saturated carbocycles. The van der Waals surface area contributed by atoms with E-state index in [9.17, 15) is 0 Å². The highest BCUT2D eigenvalue weighted by Gasteiger charge is 2.24. The molecule has 0 saturated heterocycles. The van der Waals surface area contributed by atoms with Crippen LogP contribution in [0.5, 0.6) is 0 Å². The Hall–Kier alpha value is -0.660. The minimum Gasteiger partial charge on any atom is -0.356 e.